The monoisotopic (exact) mass is 266 g/mol. The van der Waals surface area contributed by atoms with Crippen LogP contribution in [0.3, 0.4) is 0 Å². The van der Waals surface area contributed by atoms with Crippen molar-refractivity contribution < 1.29 is 9.59 Å². The van der Waals surface area contributed by atoms with Gasteiger partial charge in [0.2, 0.25) is 11.8 Å². The molecule has 0 heterocycles. The highest BCUT2D eigenvalue weighted by Crippen LogP contribution is 2.38. The van der Waals surface area contributed by atoms with E-state index < -0.39 is 11.8 Å². The number of carbonyl (C=O) groups is 2. The van der Waals surface area contributed by atoms with Gasteiger partial charge in [-0.25, -0.2) is 0 Å². The normalized spacial score (nSPS) is 18.5. The summed E-state index contributed by atoms with van der Waals surface area (Å²) < 4.78 is 0. The summed E-state index contributed by atoms with van der Waals surface area (Å²) in [4.78, 5) is 24.0. The number of rotatable bonds is 7. The van der Waals surface area contributed by atoms with Gasteiger partial charge in [-0.3, -0.25) is 9.59 Å². The minimum absolute atomic E-state index is 0.0648. The fraction of sp³-hybridized carbons (Fsp3) is 0.733. The summed E-state index contributed by atoms with van der Waals surface area (Å²) in [6, 6.07) is 0. The minimum Gasteiger partial charge on any atom is -0.369 e. The molecule has 0 aliphatic heterocycles. The number of hydrogen-bond donors (Lipinski definition) is 2. The van der Waals surface area contributed by atoms with E-state index in [1.54, 1.807) is 6.08 Å². The van der Waals surface area contributed by atoms with Gasteiger partial charge in [0, 0.05) is 5.54 Å². The molecule has 0 bridgehead atoms. The zero-order chi connectivity index (χ0) is 14.6. The van der Waals surface area contributed by atoms with Crippen molar-refractivity contribution in [1.82, 2.24) is 5.32 Å². The van der Waals surface area contributed by atoms with Gasteiger partial charge in [0.05, 0.1) is 11.8 Å². The van der Waals surface area contributed by atoms with Crippen molar-refractivity contribution in [2.45, 2.75) is 52.0 Å². The molecule has 0 aromatic rings. The van der Waals surface area contributed by atoms with Crippen LogP contribution < -0.4 is 11.1 Å². The number of nitrogens with two attached hydrogens (primary N) is 1. The van der Waals surface area contributed by atoms with Crippen molar-refractivity contribution in [3.05, 3.63) is 12.7 Å². The average molecular weight is 266 g/mol. The minimum atomic E-state index is -0.444. The van der Waals surface area contributed by atoms with E-state index in [1.165, 1.54) is 0 Å². The van der Waals surface area contributed by atoms with Crippen LogP contribution in [0.2, 0.25) is 0 Å². The van der Waals surface area contributed by atoms with E-state index in [1.807, 2.05) is 20.8 Å². The quantitative estimate of drug-likeness (QED) is 0.692. The summed E-state index contributed by atoms with van der Waals surface area (Å²) in [5, 5.41) is 2.97. The molecule has 1 aliphatic carbocycles. The number of primary amides is 1. The predicted octanol–water partition coefficient (Wildman–Crippen LogP) is 1.99. The Labute approximate surface area is 115 Å². The molecule has 2 amide bonds. The lowest BCUT2D eigenvalue weighted by Crippen LogP contribution is -2.47. The highest BCUT2D eigenvalue weighted by molar-refractivity contribution is 5.87. The second-order valence-corrected chi connectivity index (χ2v) is 6.56. The molecule has 2 unspecified atom stereocenters. The van der Waals surface area contributed by atoms with E-state index in [0.29, 0.717) is 12.3 Å². The van der Waals surface area contributed by atoms with Gasteiger partial charge in [-0.05, 0) is 39.5 Å². The smallest absolute Gasteiger partial charge is 0.224 e. The fourth-order valence-electron chi connectivity index (χ4n) is 2.29. The average Bonchev–Trinajstić information content (AvgIpc) is 3.04. The molecule has 0 spiro atoms. The summed E-state index contributed by atoms with van der Waals surface area (Å²) in [5.74, 6) is -0.676. The highest BCUT2D eigenvalue weighted by Gasteiger charge is 2.37. The van der Waals surface area contributed by atoms with Crippen LogP contribution in [0.4, 0.5) is 0 Å². The van der Waals surface area contributed by atoms with E-state index >= 15 is 0 Å². The Kier molecular flexibility index (Phi) is 5.15. The highest BCUT2D eigenvalue weighted by atomic mass is 16.2. The summed E-state index contributed by atoms with van der Waals surface area (Å²) in [6.45, 7) is 9.46. The van der Waals surface area contributed by atoms with Gasteiger partial charge in [0.25, 0.3) is 0 Å². The standard InChI is InChI=1S/C15H26N2O2/c1-5-6-11(13(16)18)12(9-10-7-8-10)14(19)17-15(2,3)4/h5,10-12H,1,6-9H2,2-4H3,(H2,16,18)(H,17,19). The summed E-state index contributed by atoms with van der Waals surface area (Å²) in [6.07, 6.45) is 5.19. The molecule has 2 atom stereocenters. The van der Waals surface area contributed by atoms with Crippen LogP contribution >= 0.6 is 0 Å². The van der Waals surface area contributed by atoms with Gasteiger partial charge in [0.15, 0.2) is 0 Å². The second kappa shape index (κ2) is 6.22. The maximum Gasteiger partial charge on any atom is 0.224 e. The Balaban J connectivity index is 2.81. The first-order valence-corrected chi connectivity index (χ1v) is 6.97. The van der Waals surface area contributed by atoms with Crippen molar-refractivity contribution in [2.24, 2.45) is 23.5 Å². The van der Waals surface area contributed by atoms with E-state index in [-0.39, 0.29) is 17.4 Å². The van der Waals surface area contributed by atoms with Gasteiger partial charge in [0.1, 0.15) is 0 Å². The largest absolute Gasteiger partial charge is 0.369 e. The molecule has 1 rings (SSSR count). The molecular formula is C15H26N2O2. The molecule has 0 radical (unpaired) electrons. The van der Waals surface area contributed by atoms with Crippen LogP contribution in [0.15, 0.2) is 12.7 Å². The van der Waals surface area contributed by atoms with Crippen LogP contribution in [-0.4, -0.2) is 17.4 Å². The molecule has 1 aliphatic rings. The number of amides is 2. The SMILES string of the molecule is C=CCC(C(N)=O)C(CC1CC1)C(=O)NC(C)(C)C. The third-order valence-corrected chi connectivity index (χ3v) is 3.39. The number of carbonyl (C=O) groups excluding carboxylic acids is 2. The predicted molar refractivity (Wildman–Crippen MR) is 76.2 cm³/mol. The second-order valence-electron chi connectivity index (χ2n) is 6.56. The fourth-order valence-corrected chi connectivity index (χ4v) is 2.29. The molecule has 0 aromatic carbocycles. The number of hydrogen-bond acceptors (Lipinski definition) is 2. The van der Waals surface area contributed by atoms with Gasteiger partial charge >= 0.3 is 0 Å². The molecule has 1 saturated carbocycles. The Bertz CT molecular complexity index is 354. The van der Waals surface area contributed by atoms with Crippen molar-refractivity contribution in [1.29, 1.82) is 0 Å². The molecule has 4 nitrogen and oxygen atoms in total. The third kappa shape index (κ3) is 5.45. The molecule has 0 aromatic heterocycles. The lowest BCUT2D eigenvalue weighted by Gasteiger charge is -2.28. The zero-order valence-corrected chi connectivity index (χ0v) is 12.2. The Morgan fingerprint density at radius 1 is 1.37 bits per heavy atom. The molecule has 4 heteroatoms. The molecule has 1 fully saturated rings. The molecule has 19 heavy (non-hydrogen) atoms. The van der Waals surface area contributed by atoms with Crippen LogP contribution in [-0.2, 0) is 9.59 Å². The Morgan fingerprint density at radius 2 is 1.95 bits per heavy atom. The van der Waals surface area contributed by atoms with Crippen molar-refractivity contribution >= 4 is 11.8 Å². The van der Waals surface area contributed by atoms with Crippen molar-refractivity contribution in [3.63, 3.8) is 0 Å². The first kappa shape index (κ1) is 15.7. The van der Waals surface area contributed by atoms with E-state index in [9.17, 15) is 9.59 Å². The first-order chi connectivity index (χ1) is 8.74. The van der Waals surface area contributed by atoms with E-state index in [4.69, 9.17) is 5.73 Å². The number of nitrogens with one attached hydrogen (secondary N) is 1. The number of allylic oxidation sites excluding steroid dienone is 1. The first-order valence-electron chi connectivity index (χ1n) is 6.97. The Hall–Kier alpha value is -1.32. The molecule has 3 N–H and O–H groups in total. The Morgan fingerprint density at radius 3 is 2.32 bits per heavy atom. The van der Waals surface area contributed by atoms with Gasteiger partial charge in [-0.1, -0.05) is 18.9 Å². The maximum absolute atomic E-state index is 12.4. The van der Waals surface area contributed by atoms with Crippen LogP contribution in [0.1, 0.15) is 46.5 Å². The summed E-state index contributed by atoms with van der Waals surface area (Å²) in [5.41, 5.74) is 5.16. The molecule has 108 valence electrons. The van der Waals surface area contributed by atoms with Gasteiger partial charge < -0.3 is 11.1 Å². The van der Waals surface area contributed by atoms with Crippen LogP contribution in [0.25, 0.3) is 0 Å². The van der Waals surface area contributed by atoms with Crippen molar-refractivity contribution in [2.75, 3.05) is 0 Å². The molecule has 0 saturated heterocycles. The summed E-state index contributed by atoms with van der Waals surface area (Å²) in [7, 11) is 0. The van der Waals surface area contributed by atoms with Crippen LogP contribution in [0, 0.1) is 17.8 Å². The van der Waals surface area contributed by atoms with Gasteiger partial charge in [-0.15, -0.1) is 6.58 Å². The topological polar surface area (TPSA) is 72.2 Å². The van der Waals surface area contributed by atoms with E-state index in [2.05, 4.69) is 11.9 Å². The maximum atomic E-state index is 12.4. The van der Waals surface area contributed by atoms with E-state index in [0.717, 1.165) is 19.3 Å². The molecular weight excluding hydrogens is 240 g/mol. The zero-order valence-electron chi connectivity index (χ0n) is 12.2. The summed E-state index contributed by atoms with van der Waals surface area (Å²) >= 11 is 0. The third-order valence-electron chi connectivity index (χ3n) is 3.39. The van der Waals surface area contributed by atoms with Crippen LogP contribution in [0.5, 0.6) is 0 Å². The van der Waals surface area contributed by atoms with Gasteiger partial charge in [-0.2, -0.15) is 0 Å². The lowest BCUT2D eigenvalue weighted by atomic mass is 9.83. The lowest BCUT2D eigenvalue weighted by molar-refractivity contribution is -0.134. The van der Waals surface area contributed by atoms with Crippen molar-refractivity contribution in [3.8, 4) is 0 Å².